The van der Waals surface area contributed by atoms with Crippen molar-refractivity contribution in [1.29, 1.82) is 0 Å². The lowest BCUT2D eigenvalue weighted by molar-refractivity contribution is -0.122. The highest BCUT2D eigenvalue weighted by molar-refractivity contribution is 5.78. The van der Waals surface area contributed by atoms with Crippen LogP contribution in [-0.4, -0.2) is 56.7 Å². The third-order valence-electron chi connectivity index (χ3n) is 3.95. The van der Waals surface area contributed by atoms with Crippen molar-refractivity contribution in [3.63, 3.8) is 0 Å². The van der Waals surface area contributed by atoms with Gasteiger partial charge in [0.15, 0.2) is 0 Å². The Bertz CT molecular complexity index is 509. The molecule has 5 heteroatoms. The van der Waals surface area contributed by atoms with Gasteiger partial charge in [-0.3, -0.25) is 9.69 Å². The molecule has 2 rings (SSSR count). The van der Waals surface area contributed by atoms with Crippen molar-refractivity contribution in [2.45, 2.75) is 26.8 Å². The normalized spacial score (nSPS) is 16.0. The van der Waals surface area contributed by atoms with Crippen LogP contribution in [0, 0.1) is 6.92 Å². The molecule has 0 unspecified atom stereocenters. The minimum atomic E-state index is 0.112. The highest BCUT2D eigenvalue weighted by Crippen LogP contribution is 2.25. The molecular weight excluding hydrogens is 278 g/mol. The first-order valence-electron chi connectivity index (χ1n) is 7.91. The zero-order valence-corrected chi connectivity index (χ0v) is 14.1. The van der Waals surface area contributed by atoms with E-state index in [-0.39, 0.29) is 11.9 Å². The monoisotopic (exact) mass is 305 g/mol. The van der Waals surface area contributed by atoms with E-state index in [0.29, 0.717) is 6.54 Å². The molecule has 0 saturated carbocycles. The Morgan fingerprint density at radius 1 is 1.27 bits per heavy atom. The van der Waals surface area contributed by atoms with Crippen LogP contribution >= 0.6 is 0 Å². The van der Waals surface area contributed by atoms with Crippen molar-refractivity contribution >= 4 is 11.6 Å². The number of carbonyl (C=O) groups is 1. The van der Waals surface area contributed by atoms with Gasteiger partial charge in [-0.05, 0) is 32.4 Å². The van der Waals surface area contributed by atoms with Gasteiger partial charge in [0.1, 0.15) is 5.75 Å². The van der Waals surface area contributed by atoms with E-state index in [1.165, 1.54) is 5.69 Å². The Hall–Kier alpha value is -1.75. The van der Waals surface area contributed by atoms with E-state index in [1.54, 1.807) is 7.11 Å². The molecule has 1 aromatic rings. The van der Waals surface area contributed by atoms with Crippen LogP contribution in [0.3, 0.4) is 0 Å². The van der Waals surface area contributed by atoms with Gasteiger partial charge in [0.2, 0.25) is 5.91 Å². The molecule has 0 aromatic heterocycles. The van der Waals surface area contributed by atoms with Crippen molar-refractivity contribution in [2.24, 2.45) is 0 Å². The maximum Gasteiger partial charge on any atom is 0.234 e. The number of nitrogens with zero attached hydrogens (tertiary/aromatic N) is 2. The van der Waals surface area contributed by atoms with Crippen LogP contribution in [0.25, 0.3) is 0 Å². The zero-order valence-electron chi connectivity index (χ0n) is 14.1. The number of benzene rings is 1. The lowest BCUT2D eigenvalue weighted by atomic mass is 10.1. The summed E-state index contributed by atoms with van der Waals surface area (Å²) in [5, 5.41) is 2.94. The number of piperazine rings is 1. The number of ether oxygens (including phenoxy) is 1. The number of aryl methyl sites for hydroxylation is 1. The lowest BCUT2D eigenvalue weighted by Gasteiger charge is -2.36. The molecule has 5 nitrogen and oxygen atoms in total. The van der Waals surface area contributed by atoms with Crippen LogP contribution < -0.4 is 15.0 Å². The zero-order chi connectivity index (χ0) is 16.1. The van der Waals surface area contributed by atoms with Crippen molar-refractivity contribution in [1.82, 2.24) is 10.2 Å². The molecule has 0 bridgehead atoms. The summed E-state index contributed by atoms with van der Waals surface area (Å²) in [5.41, 5.74) is 2.34. The minimum Gasteiger partial charge on any atom is -0.496 e. The molecule has 1 aliphatic heterocycles. The van der Waals surface area contributed by atoms with Gasteiger partial charge in [-0.25, -0.2) is 0 Å². The highest BCUT2D eigenvalue weighted by atomic mass is 16.5. The number of hydrogen-bond donors (Lipinski definition) is 1. The average molecular weight is 305 g/mol. The number of rotatable bonds is 5. The summed E-state index contributed by atoms with van der Waals surface area (Å²) in [6.07, 6.45) is 0. The van der Waals surface area contributed by atoms with Crippen LogP contribution in [-0.2, 0) is 4.79 Å². The van der Waals surface area contributed by atoms with E-state index in [2.05, 4.69) is 33.3 Å². The summed E-state index contributed by atoms with van der Waals surface area (Å²) >= 11 is 0. The number of hydrogen-bond acceptors (Lipinski definition) is 4. The first-order chi connectivity index (χ1) is 10.5. The maximum atomic E-state index is 11.8. The first kappa shape index (κ1) is 16.6. The molecule has 1 fully saturated rings. The molecule has 1 saturated heterocycles. The van der Waals surface area contributed by atoms with Gasteiger partial charge in [-0.2, -0.15) is 0 Å². The molecule has 22 heavy (non-hydrogen) atoms. The van der Waals surface area contributed by atoms with E-state index in [9.17, 15) is 4.79 Å². The topological polar surface area (TPSA) is 44.8 Å². The fourth-order valence-corrected chi connectivity index (χ4v) is 2.74. The predicted molar refractivity (Wildman–Crippen MR) is 89.7 cm³/mol. The van der Waals surface area contributed by atoms with Crippen LogP contribution in [0.4, 0.5) is 5.69 Å². The Morgan fingerprint density at radius 3 is 2.55 bits per heavy atom. The summed E-state index contributed by atoms with van der Waals surface area (Å²) < 4.78 is 5.40. The van der Waals surface area contributed by atoms with Crippen molar-refractivity contribution < 1.29 is 9.53 Å². The molecule has 0 atom stereocenters. The molecule has 122 valence electrons. The Labute approximate surface area is 133 Å². The highest BCUT2D eigenvalue weighted by Gasteiger charge is 2.19. The number of carbonyl (C=O) groups excluding carboxylic acids is 1. The molecule has 0 radical (unpaired) electrons. The van der Waals surface area contributed by atoms with Crippen LogP contribution in [0.5, 0.6) is 5.75 Å². The number of amides is 1. The molecular formula is C17H27N3O2. The number of anilines is 1. The van der Waals surface area contributed by atoms with Crippen molar-refractivity contribution in [3.05, 3.63) is 23.8 Å². The third-order valence-corrected chi connectivity index (χ3v) is 3.95. The van der Waals surface area contributed by atoms with E-state index in [4.69, 9.17) is 4.74 Å². The van der Waals surface area contributed by atoms with E-state index < -0.39 is 0 Å². The van der Waals surface area contributed by atoms with Gasteiger partial charge in [-0.1, -0.05) is 6.07 Å². The van der Waals surface area contributed by atoms with Gasteiger partial charge in [0.05, 0.1) is 13.7 Å². The number of nitrogens with one attached hydrogen (secondary N) is 1. The van der Waals surface area contributed by atoms with E-state index >= 15 is 0 Å². The molecule has 0 spiro atoms. The lowest BCUT2D eigenvalue weighted by Crippen LogP contribution is -2.50. The molecule has 0 aliphatic carbocycles. The standard InChI is InChI=1S/C17H27N3O2/c1-13(2)18-17(21)12-19-7-9-20(10-8-19)15-6-5-14(3)16(11-15)22-4/h5-6,11,13H,7-10,12H2,1-4H3,(H,18,21). The van der Waals surface area contributed by atoms with E-state index in [0.717, 1.165) is 37.5 Å². The minimum absolute atomic E-state index is 0.112. The number of methoxy groups -OCH3 is 1. The first-order valence-corrected chi connectivity index (χ1v) is 7.91. The van der Waals surface area contributed by atoms with Gasteiger partial charge < -0.3 is 15.0 Å². The third kappa shape index (κ3) is 4.37. The second-order valence-electron chi connectivity index (χ2n) is 6.14. The van der Waals surface area contributed by atoms with E-state index in [1.807, 2.05) is 20.8 Å². The molecule has 1 N–H and O–H groups in total. The molecule has 1 aromatic carbocycles. The van der Waals surface area contributed by atoms with Gasteiger partial charge >= 0.3 is 0 Å². The van der Waals surface area contributed by atoms with Gasteiger partial charge in [0.25, 0.3) is 0 Å². The smallest absolute Gasteiger partial charge is 0.234 e. The molecule has 1 heterocycles. The quantitative estimate of drug-likeness (QED) is 0.898. The summed E-state index contributed by atoms with van der Waals surface area (Å²) in [5.74, 6) is 1.04. The summed E-state index contributed by atoms with van der Waals surface area (Å²) in [6, 6.07) is 6.53. The Morgan fingerprint density at radius 2 is 1.95 bits per heavy atom. The fourth-order valence-electron chi connectivity index (χ4n) is 2.74. The fraction of sp³-hybridized carbons (Fsp3) is 0.588. The summed E-state index contributed by atoms with van der Waals surface area (Å²) in [6.45, 7) is 10.2. The molecule has 1 amide bonds. The van der Waals surface area contributed by atoms with Crippen LogP contribution in [0.15, 0.2) is 18.2 Å². The Kier molecular flexibility index (Phi) is 5.66. The maximum absolute atomic E-state index is 11.8. The van der Waals surface area contributed by atoms with Crippen LogP contribution in [0.1, 0.15) is 19.4 Å². The largest absolute Gasteiger partial charge is 0.496 e. The SMILES string of the molecule is COc1cc(N2CCN(CC(=O)NC(C)C)CC2)ccc1C. The predicted octanol–water partition coefficient (Wildman–Crippen LogP) is 1.65. The van der Waals surface area contributed by atoms with Crippen LogP contribution in [0.2, 0.25) is 0 Å². The Balaban J connectivity index is 1.88. The molecule has 1 aliphatic rings. The second-order valence-corrected chi connectivity index (χ2v) is 6.14. The van der Waals surface area contributed by atoms with Gasteiger partial charge in [0, 0.05) is 44.0 Å². The summed E-state index contributed by atoms with van der Waals surface area (Å²) in [4.78, 5) is 16.4. The van der Waals surface area contributed by atoms with Gasteiger partial charge in [-0.15, -0.1) is 0 Å². The average Bonchev–Trinajstić information content (AvgIpc) is 2.48. The van der Waals surface area contributed by atoms with Crippen molar-refractivity contribution in [3.8, 4) is 5.75 Å². The second kappa shape index (κ2) is 7.49. The van der Waals surface area contributed by atoms with Crippen molar-refractivity contribution in [2.75, 3.05) is 44.7 Å². The summed E-state index contributed by atoms with van der Waals surface area (Å²) in [7, 11) is 1.71.